The van der Waals surface area contributed by atoms with Crippen molar-refractivity contribution < 1.29 is 0 Å². The standard InChI is InChI=1S/C15H25N/c1-3-7-13(8-4-1)16-14-9-12-15(14)10-5-2-6-11-15/h1,3,13-14,16H,2,4-12H2. The summed E-state index contributed by atoms with van der Waals surface area (Å²) in [4.78, 5) is 0. The summed E-state index contributed by atoms with van der Waals surface area (Å²) in [6, 6.07) is 1.65. The second-order valence-corrected chi connectivity index (χ2v) is 6.16. The van der Waals surface area contributed by atoms with Gasteiger partial charge in [-0.1, -0.05) is 31.4 Å². The van der Waals surface area contributed by atoms with Crippen molar-refractivity contribution in [1.82, 2.24) is 5.32 Å². The van der Waals surface area contributed by atoms with Crippen LogP contribution < -0.4 is 5.32 Å². The molecule has 1 N–H and O–H groups in total. The molecule has 1 heteroatoms. The van der Waals surface area contributed by atoms with Crippen molar-refractivity contribution in [3.8, 4) is 0 Å². The Kier molecular flexibility index (Phi) is 3.06. The molecule has 0 aromatic carbocycles. The summed E-state index contributed by atoms with van der Waals surface area (Å²) >= 11 is 0. The molecule has 0 aromatic heterocycles. The molecule has 1 spiro atoms. The molecule has 1 nitrogen and oxygen atoms in total. The Hall–Kier alpha value is -0.300. The zero-order valence-electron chi connectivity index (χ0n) is 10.4. The van der Waals surface area contributed by atoms with E-state index in [0.717, 1.165) is 17.5 Å². The first-order chi connectivity index (χ1) is 7.89. The summed E-state index contributed by atoms with van der Waals surface area (Å²) in [5.74, 6) is 0. The number of nitrogens with one attached hydrogen (secondary N) is 1. The number of hydrogen-bond acceptors (Lipinski definition) is 1. The van der Waals surface area contributed by atoms with Crippen LogP contribution in [0.1, 0.15) is 64.2 Å². The molecule has 3 aliphatic rings. The van der Waals surface area contributed by atoms with Gasteiger partial charge in [0, 0.05) is 12.1 Å². The third-order valence-corrected chi connectivity index (χ3v) is 5.23. The van der Waals surface area contributed by atoms with Gasteiger partial charge in [-0.25, -0.2) is 0 Å². The maximum Gasteiger partial charge on any atom is 0.0126 e. The van der Waals surface area contributed by atoms with Crippen LogP contribution in [-0.4, -0.2) is 12.1 Å². The van der Waals surface area contributed by atoms with E-state index in [1.165, 1.54) is 64.2 Å². The molecule has 2 fully saturated rings. The fourth-order valence-electron chi connectivity index (χ4n) is 4.04. The Bertz CT molecular complexity index is 263. The summed E-state index contributed by atoms with van der Waals surface area (Å²) < 4.78 is 0. The van der Waals surface area contributed by atoms with E-state index in [-0.39, 0.29) is 0 Å². The summed E-state index contributed by atoms with van der Waals surface area (Å²) in [6.45, 7) is 0. The van der Waals surface area contributed by atoms with Crippen LogP contribution in [0.4, 0.5) is 0 Å². The first-order valence-corrected chi connectivity index (χ1v) is 7.30. The van der Waals surface area contributed by atoms with E-state index < -0.39 is 0 Å². The minimum atomic E-state index is 0.736. The minimum absolute atomic E-state index is 0.736. The first kappa shape index (κ1) is 10.8. The van der Waals surface area contributed by atoms with Gasteiger partial charge in [-0.05, 0) is 50.4 Å². The van der Waals surface area contributed by atoms with Crippen LogP contribution in [-0.2, 0) is 0 Å². The highest BCUT2D eigenvalue weighted by Gasteiger charge is 2.47. The number of hydrogen-bond donors (Lipinski definition) is 1. The second-order valence-electron chi connectivity index (χ2n) is 6.16. The van der Waals surface area contributed by atoms with Crippen LogP contribution in [0.2, 0.25) is 0 Å². The van der Waals surface area contributed by atoms with Crippen molar-refractivity contribution in [3.05, 3.63) is 12.2 Å². The monoisotopic (exact) mass is 219 g/mol. The molecule has 0 radical (unpaired) electrons. The maximum absolute atomic E-state index is 3.96. The van der Waals surface area contributed by atoms with Gasteiger partial charge in [0.1, 0.15) is 0 Å². The van der Waals surface area contributed by atoms with Crippen LogP contribution in [0.15, 0.2) is 12.2 Å². The Balaban J connectivity index is 1.56. The lowest BCUT2D eigenvalue weighted by Gasteiger charge is -2.53. The molecule has 0 amide bonds. The van der Waals surface area contributed by atoms with E-state index in [1.807, 2.05) is 0 Å². The van der Waals surface area contributed by atoms with Gasteiger partial charge in [-0.2, -0.15) is 0 Å². The van der Waals surface area contributed by atoms with Crippen LogP contribution in [0.5, 0.6) is 0 Å². The highest BCUT2D eigenvalue weighted by molar-refractivity contribution is 5.04. The van der Waals surface area contributed by atoms with E-state index in [2.05, 4.69) is 17.5 Å². The average Bonchev–Trinajstić information content (AvgIpc) is 2.37. The first-order valence-electron chi connectivity index (χ1n) is 7.30. The summed E-state index contributed by atoms with van der Waals surface area (Å²) in [7, 11) is 0. The van der Waals surface area contributed by atoms with Gasteiger partial charge >= 0.3 is 0 Å². The predicted molar refractivity (Wildman–Crippen MR) is 68.5 cm³/mol. The minimum Gasteiger partial charge on any atom is -0.310 e. The summed E-state index contributed by atoms with van der Waals surface area (Å²) in [5, 5.41) is 3.96. The smallest absolute Gasteiger partial charge is 0.0126 e. The summed E-state index contributed by atoms with van der Waals surface area (Å²) in [6.07, 6.45) is 19.1. The molecule has 3 aliphatic carbocycles. The molecule has 2 unspecified atom stereocenters. The van der Waals surface area contributed by atoms with Crippen LogP contribution in [0.25, 0.3) is 0 Å². The number of allylic oxidation sites excluding steroid dienone is 1. The molecule has 0 bridgehead atoms. The molecule has 0 aromatic rings. The van der Waals surface area contributed by atoms with Crippen molar-refractivity contribution in [1.29, 1.82) is 0 Å². The maximum atomic E-state index is 3.96. The van der Waals surface area contributed by atoms with Crippen molar-refractivity contribution in [2.24, 2.45) is 5.41 Å². The molecular formula is C15H25N. The SMILES string of the molecule is C1=CCC(NC2CCC23CCCCC3)CC1. The van der Waals surface area contributed by atoms with E-state index in [4.69, 9.17) is 0 Å². The zero-order chi connectivity index (χ0) is 10.8. The van der Waals surface area contributed by atoms with Gasteiger partial charge in [0.05, 0.1) is 0 Å². The topological polar surface area (TPSA) is 12.0 Å². The molecule has 3 rings (SSSR count). The molecule has 2 saturated carbocycles. The lowest BCUT2D eigenvalue weighted by molar-refractivity contribution is 0.0158. The predicted octanol–water partition coefficient (Wildman–Crippen LogP) is 3.80. The van der Waals surface area contributed by atoms with Gasteiger partial charge in [0.2, 0.25) is 0 Å². The average molecular weight is 219 g/mol. The lowest BCUT2D eigenvalue weighted by Crippen LogP contribution is -2.57. The molecule has 90 valence electrons. The highest BCUT2D eigenvalue weighted by atomic mass is 15.0. The molecule has 0 saturated heterocycles. The number of rotatable bonds is 2. The van der Waals surface area contributed by atoms with E-state index in [0.29, 0.717) is 0 Å². The summed E-state index contributed by atoms with van der Waals surface area (Å²) in [5.41, 5.74) is 0.736. The second kappa shape index (κ2) is 4.52. The third kappa shape index (κ3) is 1.95. The Morgan fingerprint density at radius 2 is 1.81 bits per heavy atom. The van der Waals surface area contributed by atoms with Gasteiger partial charge in [0.15, 0.2) is 0 Å². The fraction of sp³-hybridized carbons (Fsp3) is 0.867. The molecule has 2 atom stereocenters. The highest BCUT2D eigenvalue weighted by Crippen LogP contribution is 2.51. The molecule has 0 heterocycles. The Morgan fingerprint density at radius 3 is 2.44 bits per heavy atom. The normalized spacial score (nSPS) is 37.2. The van der Waals surface area contributed by atoms with Crippen molar-refractivity contribution in [3.63, 3.8) is 0 Å². The largest absolute Gasteiger partial charge is 0.310 e. The van der Waals surface area contributed by atoms with Crippen molar-refractivity contribution in [2.75, 3.05) is 0 Å². The van der Waals surface area contributed by atoms with E-state index >= 15 is 0 Å². The van der Waals surface area contributed by atoms with Crippen molar-refractivity contribution in [2.45, 2.75) is 76.3 Å². The van der Waals surface area contributed by atoms with Gasteiger partial charge in [-0.15, -0.1) is 0 Å². The fourth-order valence-corrected chi connectivity index (χ4v) is 4.04. The van der Waals surface area contributed by atoms with E-state index in [1.54, 1.807) is 0 Å². The van der Waals surface area contributed by atoms with Crippen LogP contribution in [0.3, 0.4) is 0 Å². The van der Waals surface area contributed by atoms with Crippen LogP contribution >= 0.6 is 0 Å². The molecule has 16 heavy (non-hydrogen) atoms. The Labute approximate surface area is 99.7 Å². The zero-order valence-corrected chi connectivity index (χ0v) is 10.4. The third-order valence-electron chi connectivity index (χ3n) is 5.23. The van der Waals surface area contributed by atoms with Gasteiger partial charge in [-0.3, -0.25) is 0 Å². The Morgan fingerprint density at radius 1 is 0.938 bits per heavy atom. The van der Waals surface area contributed by atoms with Crippen molar-refractivity contribution >= 4 is 0 Å². The molecule has 0 aliphatic heterocycles. The quantitative estimate of drug-likeness (QED) is 0.697. The van der Waals surface area contributed by atoms with E-state index in [9.17, 15) is 0 Å². The molecular weight excluding hydrogens is 194 g/mol. The lowest BCUT2D eigenvalue weighted by atomic mass is 9.57. The van der Waals surface area contributed by atoms with Crippen LogP contribution in [0, 0.1) is 5.41 Å². The van der Waals surface area contributed by atoms with Gasteiger partial charge in [0.25, 0.3) is 0 Å². The van der Waals surface area contributed by atoms with Gasteiger partial charge < -0.3 is 5.32 Å².